The van der Waals surface area contributed by atoms with Crippen LogP contribution in [0.1, 0.15) is 28.5 Å². The van der Waals surface area contributed by atoms with Crippen LogP contribution < -0.4 is 16.0 Å². The van der Waals surface area contributed by atoms with E-state index in [2.05, 4.69) is 117 Å². The standard InChI is InChI=1S/C51H40N8OS2/c1-32-31-62-51(61)59(32)45-20-12-11-19-36(45)58-50(60)53-30-29-52-49-43-27-25-41(56-43)47(34-15-7-3-8-16-34)39-23-21-37(54-39)46(33-13-5-2-6-14-33)38-22-24-40(55-38)48(35-17-9-4-10-18-35)42-26-28-44(49)57-42/h2-28,31,52,54,57H,29-30H2,1H3,(H2,53,58,60). The molecule has 0 fully saturated rings. The van der Waals surface area contributed by atoms with E-state index in [1.165, 1.54) is 11.3 Å². The van der Waals surface area contributed by atoms with Gasteiger partial charge < -0.3 is 25.9 Å². The average Bonchev–Trinajstić information content (AvgIpc) is 4.17. The summed E-state index contributed by atoms with van der Waals surface area (Å²) in [6, 6.07) is 46.9. The number of nitrogens with zero attached hydrogens (tertiary/aromatic N) is 3. The Balaban J connectivity index is 1.09. The number of carbonyl (C=O) groups excluding carboxylic acids is 1. The van der Waals surface area contributed by atoms with Gasteiger partial charge in [-0.1, -0.05) is 103 Å². The van der Waals surface area contributed by atoms with Crippen molar-refractivity contribution in [1.82, 2.24) is 29.8 Å². The fraction of sp³-hybridized carbons (Fsp3) is 0.0588. The van der Waals surface area contributed by atoms with Crippen molar-refractivity contribution < 1.29 is 4.79 Å². The summed E-state index contributed by atoms with van der Waals surface area (Å²) in [7, 11) is 0. The van der Waals surface area contributed by atoms with E-state index in [9.17, 15) is 4.79 Å². The topological polar surface area (TPSA) is 115 Å². The highest BCUT2D eigenvalue weighted by Crippen LogP contribution is 2.37. The molecule has 11 heteroatoms. The third-order valence-corrected chi connectivity index (χ3v) is 12.2. The van der Waals surface area contributed by atoms with Crippen LogP contribution in [0.15, 0.2) is 145 Å². The fourth-order valence-corrected chi connectivity index (χ4v) is 9.21. The van der Waals surface area contributed by atoms with E-state index in [-0.39, 0.29) is 6.03 Å². The molecule has 0 aliphatic carbocycles. The molecule has 6 heterocycles. The Morgan fingerprint density at radius 2 is 1.06 bits per heavy atom. The molecule has 2 aliphatic rings. The van der Waals surface area contributed by atoms with Crippen LogP contribution in [-0.2, 0) is 0 Å². The van der Waals surface area contributed by atoms with Crippen LogP contribution >= 0.6 is 23.6 Å². The largest absolute Gasteiger partial charge is 0.380 e. The number of aromatic amines is 2. The first-order valence-electron chi connectivity index (χ1n) is 20.4. The molecule has 302 valence electrons. The van der Waals surface area contributed by atoms with E-state index in [0.29, 0.717) is 18.8 Å². The summed E-state index contributed by atoms with van der Waals surface area (Å²) in [6.45, 7) is 2.76. The molecule has 2 aliphatic heterocycles. The van der Waals surface area contributed by atoms with Gasteiger partial charge in [-0.2, -0.15) is 0 Å². The molecule has 0 radical (unpaired) electrons. The van der Waals surface area contributed by atoms with E-state index in [1.54, 1.807) is 0 Å². The van der Waals surface area contributed by atoms with Crippen LogP contribution in [0.3, 0.4) is 0 Å². The van der Waals surface area contributed by atoms with E-state index < -0.39 is 0 Å². The van der Waals surface area contributed by atoms with E-state index in [1.807, 2.05) is 89.7 Å². The number of amides is 2. The second kappa shape index (κ2) is 16.8. The van der Waals surface area contributed by atoms with Gasteiger partial charge in [0, 0.05) is 57.4 Å². The number of hydrogen-bond acceptors (Lipinski definition) is 6. The van der Waals surface area contributed by atoms with Crippen LogP contribution in [0.25, 0.3) is 85.4 Å². The summed E-state index contributed by atoms with van der Waals surface area (Å²) in [4.78, 5) is 31.6. The highest BCUT2D eigenvalue weighted by molar-refractivity contribution is 7.73. The molecule has 9 nitrogen and oxygen atoms in total. The summed E-state index contributed by atoms with van der Waals surface area (Å²) in [5.41, 5.74) is 16.3. The van der Waals surface area contributed by atoms with Crippen LogP contribution in [-0.4, -0.2) is 43.6 Å². The second-order valence-electron chi connectivity index (χ2n) is 14.9. The van der Waals surface area contributed by atoms with Gasteiger partial charge in [0.15, 0.2) is 3.95 Å². The maximum absolute atomic E-state index is 13.3. The minimum atomic E-state index is -0.318. The molecule has 5 N–H and O–H groups in total. The van der Waals surface area contributed by atoms with Crippen LogP contribution in [0.2, 0.25) is 0 Å². The summed E-state index contributed by atoms with van der Waals surface area (Å²) >= 11 is 7.09. The highest BCUT2D eigenvalue weighted by Gasteiger charge is 2.19. The number of nitrogens with one attached hydrogen (secondary N) is 5. The Labute approximate surface area is 367 Å². The molecule has 8 bridgehead atoms. The number of rotatable bonds is 9. The lowest BCUT2D eigenvalue weighted by Gasteiger charge is -2.14. The van der Waals surface area contributed by atoms with Crippen LogP contribution in [0.5, 0.6) is 0 Å². The Morgan fingerprint density at radius 1 is 0.597 bits per heavy atom. The molecule has 0 spiro atoms. The van der Waals surface area contributed by atoms with Crippen molar-refractivity contribution in [3.8, 4) is 39.1 Å². The molecular formula is C51H40N8OS2. The third-order valence-electron chi connectivity index (χ3n) is 10.9. The first kappa shape index (κ1) is 38.6. The molecule has 0 atom stereocenters. The zero-order valence-electron chi connectivity index (χ0n) is 33.6. The van der Waals surface area contributed by atoms with Gasteiger partial charge in [0.25, 0.3) is 0 Å². The summed E-state index contributed by atoms with van der Waals surface area (Å²) < 4.78 is 2.69. The predicted octanol–water partition coefficient (Wildman–Crippen LogP) is 12.8. The van der Waals surface area contributed by atoms with Gasteiger partial charge in [-0.25, -0.2) is 14.8 Å². The predicted molar refractivity (Wildman–Crippen MR) is 260 cm³/mol. The molecule has 0 saturated carbocycles. The Morgan fingerprint density at radius 3 is 1.60 bits per heavy atom. The number of urea groups is 1. The van der Waals surface area contributed by atoms with Crippen molar-refractivity contribution in [1.29, 1.82) is 0 Å². The zero-order chi connectivity index (χ0) is 42.0. The number of hydrogen-bond donors (Lipinski definition) is 5. The summed E-state index contributed by atoms with van der Waals surface area (Å²) in [5.74, 6) is 0. The lowest BCUT2D eigenvalue weighted by Crippen LogP contribution is -2.33. The molecule has 2 amide bonds. The number of fused-ring (bicyclic) bond motifs is 8. The first-order valence-corrected chi connectivity index (χ1v) is 21.6. The van der Waals surface area contributed by atoms with Crippen molar-refractivity contribution in [2.75, 3.05) is 23.7 Å². The quantitative estimate of drug-likeness (QED) is 0.0733. The third kappa shape index (κ3) is 7.55. The average molecular weight is 845 g/mol. The number of anilines is 2. The lowest BCUT2D eigenvalue weighted by atomic mass is 10.0. The maximum atomic E-state index is 13.3. The Bertz CT molecular complexity index is 3230. The van der Waals surface area contributed by atoms with Crippen molar-refractivity contribution in [3.05, 3.63) is 177 Å². The molecule has 10 rings (SSSR count). The Kier molecular flexibility index (Phi) is 10.5. The van der Waals surface area contributed by atoms with Gasteiger partial charge in [0.1, 0.15) is 0 Å². The SMILES string of the molecule is Cc1csc(=S)n1-c1ccccc1NC(=O)NCCNc1c2nc(c(-c3ccccc3)c3ccc([nH]3)c(-c3ccccc3)c3nc(c(-c4ccccc4)c4ccc1[nH]4)C=C3)C=C2. The molecule has 62 heavy (non-hydrogen) atoms. The number of para-hydroxylation sites is 2. The number of H-pyrrole nitrogens is 2. The van der Waals surface area contributed by atoms with Crippen LogP contribution in [0, 0.1) is 10.9 Å². The molecule has 0 unspecified atom stereocenters. The molecule has 8 aromatic rings. The summed E-state index contributed by atoms with van der Waals surface area (Å²) in [5, 5.41) is 11.7. The number of aromatic nitrogens is 5. The maximum Gasteiger partial charge on any atom is 0.319 e. The van der Waals surface area contributed by atoms with Gasteiger partial charge in [-0.15, -0.1) is 11.3 Å². The van der Waals surface area contributed by atoms with Crippen LogP contribution in [0.4, 0.5) is 16.2 Å². The lowest BCUT2D eigenvalue weighted by molar-refractivity contribution is 0.252. The van der Waals surface area contributed by atoms with Gasteiger partial charge in [-0.05, 0) is 96.5 Å². The van der Waals surface area contributed by atoms with Crippen molar-refractivity contribution in [2.24, 2.45) is 0 Å². The van der Waals surface area contributed by atoms with Gasteiger partial charge in [0.2, 0.25) is 0 Å². The van der Waals surface area contributed by atoms with Gasteiger partial charge in [-0.3, -0.25) is 4.57 Å². The molecule has 4 aromatic carbocycles. The normalized spacial score (nSPS) is 11.8. The van der Waals surface area contributed by atoms with Gasteiger partial charge >= 0.3 is 6.03 Å². The van der Waals surface area contributed by atoms with Crippen molar-refractivity contribution in [3.63, 3.8) is 0 Å². The van der Waals surface area contributed by atoms with Gasteiger partial charge in [0.05, 0.1) is 45.4 Å². The van der Waals surface area contributed by atoms with Crippen molar-refractivity contribution >= 4 is 87.3 Å². The highest BCUT2D eigenvalue weighted by atomic mass is 32.1. The minimum absolute atomic E-state index is 0.318. The minimum Gasteiger partial charge on any atom is -0.380 e. The molecule has 4 aromatic heterocycles. The number of aryl methyl sites for hydroxylation is 1. The number of thiazole rings is 1. The molecule has 0 saturated heterocycles. The smallest absolute Gasteiger partial charge is 0.319 e. The van der Waals surface area contributed by atoms with E-state index >= 15 is 0 Å². The zero-order valence-corrected chi connectivity index (χ0v) is 35.3. The van der Waals surface area contributed by atoms with E-state index in [4.69, 9.17) is 22.2 Å². The first-order chi connectivity index (χ1) is 30.5. The fourth-order valence-electron chi connectivity index (χ4n) is 8.09. The monoisotopic (exact) mass is 844 g/mol. The molecular weight excluding hydrogens is 805 g/mol. The van der Waals surface area contributed by atoms with E-state index in [0.717, 1.165) is 99.2 Å². The second-order valence-corrected chi connectivity index (χ2v) is 16.4. The Hall–Kier alpha value is -7.60. The number of benzene rings is 4. The number of carbonyl (C=O) groups is 1. The summed E-state index contributed by atoms with van der Waals surface area (Å²) in [6.07, 6.45) is 8.32. The van der Waals surface area contributed by atoms with Crippen molar-refractivity contribution in [2.45, 2.75) is 6.92 Å².